The highest BCUT2D eigenvalue weighted by Crippen LogP contribution is 2.20. The zero-order chi connectivity index (χ0) is 9.68. The Kier molecular flexibility index (Phi) is 4.74. The van der Waals surface area contributed by atoms with Crippen LogP contribution in [0.4, 0.5) is 0 Å². The largest absolute Gasteiger partial charge is 0.393 e. The molecule has 2 nitrogen and oxygen atoms in total. The topological polar surface area (TPSA) is 32.3 Å². The Morgan fingerprint density at radius 2 is 1.92 bits per heavy atom. The molecule has 1 atom stereocenters. The molecule has 0 amide bonds. The fourth-order valence-corrected chi connectivity index (χ4v) is 2.14. The van der Waals surface area contributed by atoms with Gasteiger partial charge in [-0.25, -0.2) is 0 Å². The van der Waals surface area contributed by atoms with E-state index in [4.69, 9.17) is 0 Å². The molecule has 0 aromatic rings. The molecule has 1 rings (SSSR count). The van der Waals surface area contributed by atoms with E-state index in [0.717, 1.165) is 31.8 Å². The Morgan fingerprint density at radius 3 is 2.46 bits per heavy atom. The standard InChI is InChI=1S/C11H23NO/c1-9(2)7-11(13)8-10-3-5-12-6-4-10/h9-13H,3-8H2,1-2H3/t11-/m0/s1. The second kappa shape index (κ2) is 5.61. The third-order valence-corrected chi connectivity index (χ3v) is 2.81. The fraction of sp³-hybridized carbons (Fsp3) is 1.00. The van der Waals surface area contributed by atoms with E-state index in [9.17, 15) is 5.11 Å². The molecule has 1 heterocycles. The summed E-state index contributed by atoms with van der Waals surface area (Å²) in [5.41, 5.74) is 0. The fourth-order valence-electron chi connectivity index (χ4n) is 2.14. The SMILES string of the molecule is CC(C)C[C@H](O)CC1CCNCC1. The Morgan fingerprint density at radius 1 is 1.31 bits per heavy atom. The van der Waals surface area contributed by atoms with E-state index >= 15 is 0 Å². The van der Waals surface area contributed by atoms with Gasteiger partial charge in [-0.3, -0.25) is 0 Å². The van der Waals surface area contributed by atoms with Crippen LogP contribution in [0.1, 0.15) is 39.5 Å². The van der Waals surface area contributed by atoms with Crippen molar-refractivity contribution in [1.82, 2.24) is 5.32 Å². The minimum Gasteiger partial charge on any atom is -0.393 e. The molecule has 0 saturated carbocycles. The molecule has 1 saturated heterocycles. The van der Waals surface area contributed by atoms with Crippen LogP contribution in [0.3, 0.4) is 0 Å². The third kappa shape index (κ3) is 4.63. The Labute approximate surface area is 81.7 Å². The summed E-state index contributed by atoms with van der Waals surface area (Å²) in [5.74, 6) is 1.38. The van der Waals surface area contributed by atoms with Crippen molar-refractivity contribution in [3.63, 3.8) is 0 Å². The lowest BCUT2D eigenvalue weighted by atomic mass is 9.89. The van der Waals surface area contributed by atoms with E-state index in [1.165, 1.54) is 12.8 Å². The van der Waals surface area contributed by atoms with Gasteiger partial charge in [-0.15, -0.1) is 0 Å². The van der Waals surface area contributed by atoms with E-state index in [1.807, 2.05) is 0 Å². The summed E-state index contributed by atoms with van der Waals surface area (Å²) in [7, 11) is 0. The molecular weight excluding hydrogens is 162 g/mol. The Hall–Kier alpha value is -0.0800. The summed E-state index contributed by atoms with van der Waals surface area (Å²) in [5, 5.41) is 13.1. The van der Waals surface area contributed by atoms with Crippen molar-refractivity contribution < 1.29 is 5.11 Å². The molecule has 0 bridgehead atoms. The van der Waals surface area contributed by atoms with Crippen molar-refractivity contribution in [3.05, 3.63) is 0 Å². The number of piperidine rings is 1. The van der Waals surface area contributed by atoms with E-state index in [-0.39, 0.29) is 6.10 Å². The van der Waals surface area contributed by atoms with Crippen molar-refractivity contribution >= 4 is 0 Å². The maximum absolute atomic E-state index is 9.75. The van der Waals surface area contributed by atoms with Gasteiger partial charge in [-0.2, -0.15) is 0 Å². The zero-order valence-corrected chi connectivity index (χ0v) is 8.92. The highest BCUT2D eigenvalue weighted by atomic mass is 16.3. The van der Waals surface area contributed by atoms with Crippen LogP contribution in [0.15, 0.2) is 0 Å². The van der Waals surface area contributed by atoms with Gasteiger partial charge in [-0.05, 0) is 50.6 Å². The van der Waals surface area contributed by atoms with Crippen LogP contribution >= 0.6 is 0 Å². The lowest BCUT2D eigenvalue weighted by Gasteiger charge is -2.25. The van der Waals surface area contributed by atoms with Crippen molar-refractivity contribution in [1.29, 1.82) is 0 Å². The molecule has 2 heteroatoms. The van der Waals surface area contributed by atoms with Crippen molar-refractivity contribution in [2.45, 2.75) is 45.6 Å². The highest BCUT2D eigenvalue weighted by molar-refractivity contribution is 4.72. The first-order valence-corrected chi connectivity index (χ1v) is 5.57. The molecule has 0 unspecified atom stereocenters. The van der Waals surface area contributed by atoms with E-state index in [2.05, 4.69) is 19.2 Å². The summed E-state index contributed by atoms with van der Waals surface area (Å²) in [6.07, 6.45) is 4.40. The molecule has 1 aliphatic rings. The molecule has 0 radical (unpaired) electrons. The van der Waals surface area contributed by atoms with Gasteiger partial charge < -0.3 is 10.4 Å². The second-order valence-corrected chi connectivity index (χ2v) is 4.71. The van der Waals surface area contributed by atoms with E-state index in [0.29, 0.717) is 5.92 Å². The lowest BCUT2D eigenvalue weighted by Crippen LogP contribution is -2.30. The molecule has 0 aliphatic carbocycles. The van der Waals surface area contributed by atoms with Gasteiger partial charge in [0, 0.05) is 0 Å². The van der Waals surface area contributed by atoms with Gasteiger partial charge in [0.15, 0.2) is 0 Å². The van der Waals surface area contributed by atoms with Crippen LogP contribution in [0.2, 0.25) is 0 Å². The van der Waals surface area contributed by atoms with Gasteiger partial charge in [0.25, 0.3) is 0 Å². The lowest BCUT2D eigenvalue weighted by molar-refractivity contribution is 0.111. The summed E-state index contributed by atoms with van der Waals surface area (Å²) in [6.45, 7) is 6.62. The van der Waals surface area contributed by atoms with Gasteiger partial charge >= 0.3 is 0 Å². The normalized spacial score (nSPS) is 22.2. The third-order valence-electron chi connectivity index (χ3n) is 2.81. The van der Waals surface area contributed by atoms with Crippen molar-refractivity contribution in [2.24, 2.45) is 11.8 Å². The molecule has 1 aliphatic heterocycles. The highest BCUT2D eigenvalue weighted by Gasteiger charge is 2.17. The summed E-state index contributed by atoms with van der Waals surface area (Å²) < 4.78 is 0. The first-order chi connectivity index (χ1) is 6.18. The maximum Gasteiger partial charge on any atom is 0.0545 e. The first kappa shape index (κ1) is 11.0. The molecule has 0 aromatic heterocycles. The second-order valence-electron chi connectivity index (χ2n) is 4.71. The summed E-state index contributed by atoms with van der Waals surface area (Å²) >= 11 is 0. The first-order valence-electron chi connectivity index (χ1n) is 5.57. The zero-order valence-electron chi connectivity index (χ0n) is 8.92. The average Bonchev–Trinajstić information content (AvgIpc) is 2.04. The molecule has 78 valence electrons. The van der Waals surface area contributed by atoms with Crippen LogP contribution in [-0.4, -0.2) is 24.3 Å². The monoisotopic (exact) mass is 185 g/mol. The summed E-state index contributed by atoms with van der Waals surface area (Å²) in [6, 6.07) is 0. The predicted octanol–water partition coefficient (Wildman–Crippen LogP) is 1.78. The van der Waals surface area contributed by atoms with Crippen LogP contribution in [0, 0.1) is 11.8 Å². The predicted molar refractivity (Wildman–Crippen MR) is 55.7 cm³/mol. The molecule has 13 heavy (non-hydrogen) atoms. The van der Waals surface area contributed by atoms with Crippen LogP contribution in [-0.2, 0) is 0 Å². The molecule has 1 fully saturated rings. The molecule has 0 spiro atoms. The maximum atomic E-state index is 9.75. The van der Waals surface area contributed by atoms with E-state index in [1.54, 1.807) is 0 Å². The van der Waals surface area contributed by atoms with Crippen molar-refractivity contribution in [3.8, 4) is 0 Å². The number of aliphatic hydroxyl groups excluding tert-OH is 1. The minimum absolute atomic E-state index is 0.0666. The smallest absolute Gasteiger partial charge is 0.0545 e. The minimum atomic E-state index is -0.0666. The van der Waals surface area contributed by atoms with Crippen molar-refractivity contribution in [2.75, 3.05) is 13.1 Å². The molecule has 0 aromatic carbocycles. The number of hydrogen-bond acceptors (Lipinski definition) is 2. The van der Waals surface area contributed by atoms with Gasteiger partial charge in [0.2, 0.25) is 0 Å². The summed E-state index contributed by atoms with van der Waals surface area (Å²) in [4.78, 5) is 0. The van der Waals surface area contributed by atoms with Crippen LogP contribution in [0.25, 0.3) is 0 Å². The number of aliphatic hydroxyl groups is 1. The van der Waals surface area contributed by atoms with Gasteiger partial charge in [0.1, 0.15) is 0 Å². The quantitative estimate of drug-likeness (QED) is 0.700. The number of hydrogen-bond donors (Lipinski definition) is 2. The average molecular weight is 185 g/mol. The molecular formula is C11H23NO. The van der Waals surface area contributed by atoms with Crippen LogP contribution < -0.4 is 5.32 Å². The number of nitrogens with one attached hydrogen (secondary N) is 1. The molecule has 2 N–H and O–H groups in total. The number of rotatable bonds is 4. The van der Waals surface area contributed by atoms with Gasteiger partial charge in [0.05, 0.1) is 6.10 Å². The Bertz CT molecular complexity index is 130. The van der Waals surface area contributed by atoms with E-state index < -0.39 is 0 Å². The Balaban J connectivity index is 2.14. The van der Waals surface area contributed by atoms with Crippen LogP contribution in [0.5, 0.6) is 0 Å². The van der Waals surface area contributed by atoms with Gasteiger partial charge in [-0.1, -0.05) is 13.8 Å².